The number of benzene rings is 1. The molecule has 1 aliphatic rings. The van der Waals surface area contributed by atoms with Gasteiger partial charge in [-0.15, -0.1) is 12.4 Å². The van der Waals surface area contributed by atoms with Gasteiger partial charge in [-0.25, -0.2) is 0 Å². The van der Waals surface area contributed by atoms with Gasteiger partial charge in [0.1, 0.15) is 0 Å². The molecule has 3 rings (SSSR count). The number of halogens is 2. The maximum absolute atomic E-state index is 12.6. The van der Waals surface area contributed by atoms with Crippen LogP contribution in [0.3, 0.4) is 0 Å². The van der Waals surface area contributed by atoms with Crippen LogP contribution in [0.1, 0.15) is 23.7 Å². The smallest absolute Gasteiger partial charge is 0.255 e. The van der Waals surface area contributed by atoms with Crippen LogP contribution in [0.4, 0.5) is 0 Å². The molecule has 0 spiro atoms. The van der Waals surface area contributed by atoms with Crippen LogP contribution in [-0.2, 0) is 0 Å². The Morgan fingerprint density at radius 2 is 2.17 bits per heavy atom. The quantitative estimate of drug-likeness (QED) is 0.793. The molecule has 0 saturated carbocycles. The second kappa shape index (κ2) is 7.81. The van der Waals surface area contributed by atoms with Crippen molar-refractivity contribution in [3.63, 3.8) is 0 Å². The molecule has 1 aromatic carbocycles. The van der Waals surface area contributed by atoms with E-state index in [4.69, 9.17) is 11.6 Å². The fourth-order valence-corrected chi connectivity index (χ4v) is 3.03. The summed E-state index contributed by atoms with van der Waals surface area (Å²) < 4.78 is 0. The van der Waals surface area contributed by atoms with Gasteiger partial charge in [-0.2, -0.15) is 5.10 Å². The zero-order valence-corrected chi connectivity index (χ0v) is 14.4. The molecule has 1 aromatic heterocycles. The van der Waals surface area contributed by atoms with Crippen molar-refractivity contribution < 1.29 is 4.79 Å². The van der Waals surface area contributed by atoms with Gasteiger partial charge in [0.05, 0.1) is 17.5 Å². The molecule has 2 atom stereocenters. The summed E-state index contributed by atoms with van der Waals surface area (Å²) in [5, 5.41) is 13.9. The minimum absolute atomic E-state index is 0. The van der Waals surface area contributed by atoms with Crippen molar-refractivity contribution in [2.45, 2.75) is 19.4 Å². The number of hydrogen-bond donors (Lipinski definition) is 3. The molecule has 1 saturated heterocycles. The van der Waals surface area contributed by atoms with Gasteiger partial charge in [-0.05, 0) is 31.5 Å². The van der Waals surface area contributed by atoms with E-state index in [2.05, 4.69) is 27.8 Å². The molecule has 2 aromatic rings. The lowest BCUT2D eigenvalue weighted by molar-refractivity contribution is 0.0915. The van der Waals surface area contributed by atoms with Crippen molar-refractivity contribution in [2.75, 3.05) is 13.1 Å². The lowest BCUT2D eigenvalue weighted by Gasteiger charge is -2.30. The SMILES string of the molecule is CC1CNCCC1NC(=O)c1cn[nH]c1-c1ccccc1Cl.Cl. The highest BCUT2D eigenvalue weighted by Gasteiger charge is 2.25. The molecule has 124 valence electrons. The van der Waals surface area contributed by atoms with E-state index in [0.717, 1.165) is 25.1 Å². The summed E-state index contributed by atoms with van der Waals surface area (Å²) in [5.41, 5.74) is 1.97. The summed E-state index contributed by atoms with van der Waals surface area (Å²) >= 11 is 6.22. The third kappa shape index (κ3) is 3.86. The molecule has 1 aliphatic heterocycles. The van der Waals surface area contributed by atoms with Crippen molar-refractivity contribution >= 4 is 29.9 Å². The van der Waals surface area contributed by atoms with E-state index >= 15 is 0 Å². The van der Waals surface area contributed by atoms with Crippen LogP contribution in [0.25, 0.3) is 11.3 Å². The molecule has 2 unspecified atom stereocenters. The van der Waals surface area contributed by atoms with Crippen molar-refractivity contribution in [1.82, 2.24) is 20.8 Å². The number of hydrogen-bond acceptors (Lipinski definition) is 3. The molecule has 3 N–H and O–H groups in total. The molecule has 5 nitrogen and oxygen atoms in total. The number of rotatable bonds is 3. The van der Waals surface area contributed by atoms with Crippen molar-refractivity contribution in [1.29, 1.82) is 0 Å². The summed E-state index contributed by atoms with van der Waals surface area (Å²) in [6, 6.07) is 7.61. The molecular weight excluding hydrogens is 335 g/mol. The van der Waals surface area contributed by atoms with Gasteiger partial charge in [-0.3, -0.25) is 9.89 Å². The summed E-state index contributed by atoms with van der Waals surface area (Å²) in [6.45, 7) is 3.99. The average molecular weight is 355 g/mol. The lowest BCUT2D eigenvalue weighted by atomic mass is 9.95. The van der Waals surface area contributed by atoms with Crippen LogP contribution in [-0.4, -0.2) is 35.2 Å². The van der Waals surface area contributed by atoms with Crippen LogP contribution >= 0.6 is 24.0 Å². The van der Waals surface area contributed by atoms with E-state index in [1.165, 1.54) is 0 Å². The number of aromatic amines is 1. The summed E-state index contributed by atoms with van der Waals surface area (Å²) in [4.78, 5) is 12.6. The number of nitrogens with zero attached hydrogens (tertiary/aromatic N) is 1. The third-order valence-electron chi connectivity index (χ3n) is 4.13. The minimum Gasteiger partial charge on any atom is -0.349 e. The highest BCUT2D eigenvalue weighted by molar-refractivity contribution is 6.33. The Morgan fingerprint density at radius 3 is 2.91 bits per heavy atom. The molecule has 23 heavy (non-hydrogen) atoms. The minimum atomic E-state index is -0.109. The van der Waals surface area contributed by atoms with Crippen molar-refractivity contribution in [3.05, 3.63) is 41.0 Å². The monoisotopic (exact) mass is 354 g/mol. The van der Waals surface area contributed by atoms with Crippen molar-refractivity contribution in [2.24, 2.45) is 5.92 Å². The highest BCUT2D eigenvalue weighted by atomic mass is 35.5. The normalized spacial score (nSPS) is 20.6. The number of aromatic nitrogens is 2. The first-order valence-electron chi connectivity index (χ1n) is 7.46. The van der Waals surface area contributed by atoms with E-state index in [1.807, 2.05) is 18.2 Å². The Kier molecular flexibility index (Phi) is 6.04. The number of nitrogens with one attached hydrogen (secondary N) is 3. The van der Waals surface area contributed by atoms with Gasteiger partial charge in [0.15, 0.2) is 0 Å². The van der Waals surface area contributed by atoms with Crippen LogP contribution in [0.15, 0.2) is 30.5 Å². The first-order chi connectivity index (χ1) is 10.7. The summed E-state index contributed by atoms with van der Waals surface area (Å²) in [7, 11) is 0. The maximum atomic E-state index is 12.6. The zero-order chi connectivity index (χ0) is 15.5. The van der Waals surface area contributed by atoms with Gasteiger partial charge in [0, 0.05) is 16.6 Å². The molecule has 1 amide bonds. The van der Waals surface area contributed by atoms with Gasteiger partial charge >= 0.3 is 0 Å². The Balaban J connectivity index is 0.00000192. The Hall–Kier alpha value is -1.56. The number of carbonyl (C=O) groups excluding carboxylic acids is 1. The van der Waals surface area contributed by atoms with Gasteiger partial charge < -0.3 is 10.6 Å². The molecule has 1 fully saturated rings. The van der Waals surface area contributed by atoms with Crippen LogP contribution in [0, 0.1) is 5.92 Å². The molecule has 2 heterocycles. The number of carbonyl (C=O) groups is 1. The largest absolute Gasteiger partial charge is 0.349 e. The van der Waals surface area contributed by atoms with Crippen LogP contribution < -0.4 is 10.6 Å². The van der Waals surface area contributed by atoms with E-state index in [-0.39, 0.29) is 24.4 Å². The van der Waals surface area contributed by atoms with Crippen molar-refractivity contribution in [3.8, 4) is 11.3 Å². The second-order valence-electron chi connectivity index (χ2n) is 5.69. The molecule has 0 bridgehead atoms. The Morgan fingerprint density at radius 1 is 1.39 bits per heavy atom. The first kappa shape index (κ1) is 17.8. The highest BCUT2D eigenvalue weighted by Crippen LogP contribution is 2.28. The lowest BCUT2D eigenvalue weighted by Crippen LogP contribution is -2.48. The van der Waals surface area contributed by atoms with Crippen LogP contribution in [0.5, 0.6) is 0 Å². The molecule has 7 heteroatoms. The molecular formula is C16H20Cl2N4O. The van der Waals surface area contributed by atoms with E-state index in [1.54, 1.807) is 12.3 Å². The third-order valence-corrected chi connectivity index (χ3v) is 4.46. The van der Waals surface area contributed by atoms with Gasteiger partial charge in [0.25, 0.3) is 5.91 Å². The Bertz CT molecular complexity index is 674. The summed E-state index contributed by atoms with van der Waals surface area (Å²) in [6.07, 6.45) is 2.49. The predicted molar refractivity (Wildman–Crippen MR) is 94.2 cm³/mol. The fourth-order valence-electron chi connectivity index (χ4n) is 2.80. The predicted octanol–water partition coefficient (Wildman–Crippen LogP) is 2.88. The van der Waals surface area contributed by atoms with E-state index < -0.39 is 0 Å². The number of H-pyrrole nitrogens is 1. The fraction of sp³-hybridized carbons (Fsp3) is 0.375. The average Bonchev–Trinajstić information content (AvgIpc) is 2.99. The number of piperidine rings is 1. The van der Waals surface area contributed by atoms with Gasteiger partial charge in [-0.1, -0.05) is 36.7 Å². The molecule has 0 aliphatic carbocycles. The Labute approximate surface area is 146 Å². The van der Waals surface area contributed by atoms with Gasteiger partial charge in [0.2, 0.25) is 0 Å². The number of amides is 1. The van der Waals surface area contributed by atoms with E-state index in [0.29, 0.717) is 22.2 Å². The zero-order valence-electron chi connectivity index (χ0n) is 12.8. The second-order valence-corrected chi connectivity index (χ2v) is 6.10. The summed E-state index contributed by atoms with van der Waals surface area (Å²) in [5.74, 6) is 0.302. The molecule has 0 radical (unpaired) electrons. The first-order valence-corrected chi connectivity index (χ1v) is 7.84. The topological polar surface area (TPSA) is 69.8 Å². The maximum Gasteiger partial charge on any atom is 0.255 e. The van der Waals surface area contributed by atoms with E-state index in [9.17, 15) is 4.79 Å². The standard InChI is InChI=1S/C16H19ClN4O.ClH/c1-10-8-18-7-6-14(10)20-16(22)12-9-19-21-15(12)11-4-2-3-5-13(11)17;/h2-5,9-10,14,18H,6-8H2,1H3,(H,19,21)(H,20,22);1H. The van der Waals surface area contributed by atoms with Crippen LogP contribution in [0.2, 0.25) is 5.02 Å².